The van der Waals surface area contributed by atoms with E-state index in [9.17, 15) is 18.0 Å². The van der Waals surface area contributed by atoms with E-state index in [1.54, 1.807) is 0 Å². The van der Waals surface area contributed by atoms with E-state index in [2.05, 4.69) is 9.47 Å². The number of rotatable bonds is 3. The van der Waals surface area contributed by atoms with Crippen LogP contribution in [0.25, 0.3) is 0 Å². The number of carbonyl (C=O) groups is 1. The van der Waals surface area contributed by atoms with Gasteiger partial charge in [-0.3, -0.25) is 4.79 Å². The molecule has 0 aliphatic heterocycles. The molecule has 0 aliphatic carbocycles. The molecule has 0 heterocycles. The maximum Gasteiger partial charge on any atom is 0.573 e. The van der Waals surface area contributed by atoms with E-state index in [0.29, 0.717) is 0 Å². The summed E-state index contributed by atoms with van der Waals surface area (Å²) in [6.45, 7) is 0. The Morgan fingerprint density at radius 1 is 1.39 bits per heavy atom. The third kappa shape index (κ3) is 4.08. The van der Waals surface area contributed by atoms with Crippen molar-refractivity contribution >= 4 is 17.6 Å². The lowest BCUT2D eigenvalue weighted by Gasteiger charge is -2.13. The topological polar surface area (TPSA) is 61.5 Å². The Morgan fingerprint density at radius 3 is 2.50 bits per heavy atom. The van der Waals surface area contributed by atoms with Gasteiger partial charge in [-0.05, 0) is 23.8 Å². The summed E-state index contributed by atoms with van der Waals surface area (Å²) in [7, 11) is 1.11. The summed E-state index contributed by atoms with van der Waals surface area (Å²) in [5.41, 5.74) is 5.54. The second kappa shape index (κ2) is 5.45. The fourth-order valence-electron chi connectivity index (χ4n) is 1.22. The predicted molar refractivity (Wildman–Crippen MR) is 57.1 cm³/mol. The summed E-state index contributed by atoms with van der Waals surface area (Å²) in [4.78, 5) is 11.2. The molecule has 0 aromatic heterocycles. The zero-order valence-electron chi connectivity index (χ0n) is 9.12. The molecule has 18 heavy (non-hydrogen) atoms. The lowest BCUT2D eigenvalue weighted by molar-refractivity contribution is -0.274. The van der Waals surface area contributed by atoms with Crippen molar-refractivity contribution in [2.75, 3.05) is 7.11 Å². The quantitative estimate of drug-likeness (QED) is 0.865. The molecule has 1 unspecified atom stereocenters. The number of halogens is 4. The van der Waals surface area contributed by atoms with Crippen LogP contribution < -0.4 is 10.5 Å². The first kappa shape index (κ1) is 14.6. The van der Waals surface area contributed by atoms with Gasteiger partial charge in [-0.25, -0.2) is 0 Å². The molecule has 0 saturated carbocycles. The zero-order chi connectivity index (χ0) is 13.9. The molecule has 0 bridgehead atoms. The average molecular weight is 284 g/mol. The van der Waals surface area contributed by atoms with Gasteiger partial charge in [0.1, 0.15) is 11.8 Å². The maximum absolute atomic E-state index is 12.0. The van der Waals surface area contributed by atoms with Crippen LogP contribution in [0.15, 0.2) is 18.2 Å². The van der Waals surface area contributed by atoms with Crippen molar-refractivity contribution in [3.63, 3.8) is 0 Å². The summed E-state index contributed by atoms with van der Waals surface area (Å²) in [5, 5.41) is -0.0360. The van der Waals surface area contributed by atoms with E-state index in [4.69, 9.17) is 17.3 Å². The molecule has 2 N–H and O–H groups in total. The average Bonchev–Trinajstić information content (AvgIpc) is 2.23. The summed E-state index contributed by atoms with van der Waals surface area (Å²) in [6.07, 6.45) is -4.85. The number of nitrogens with two attached hydrogens (primary N) is 1. The van der Waals surface area contributed by atoms with Crippen molar-refractivity contribution in [2.45, 2.75) is 12.4 Å². The summed E-state index contributed by atoms with van der Waals surface area (Å²) in [5.74, 6) is -1.35. The highest BCUT2D eigenvalue weighted by Gasteiger charge is 2.31. The molecule has 100 valence electrons. The zero-order valence-corrected chi connectivity index (χ0v) is 9.88. The molecule has 4 nitrogen and oxygen atoms in total. The van der Waals surface area contributed by atoms with Crippen LogP contribution >= 0.6 is 11.6 Å². The van der Waals surface area contributed by atoms with Gasteiger partial charge >= 0.3 is 12.3 Å². The van der Waals surface area contributed by atoms with E-state index < -0.39 is 24.1 Å². The van der Waals surface area contributed by atoms with Crippen molar-refractivity contribution in [2.24, 2.45) is 5.73 Å². The third-order valence-corrected chi connectivity index (χ3v) is 2.16. The van der Waals surface area contributed by atoms with Gasteiger partial charge in [0.05, 0.1) is 7.11 Å². The van der Waals surface area contributed by atoms with Crippen molar-refractivity contribution in [1.82, 2.24) is 0 Å². The molecule has 1 rings (SSSR count). The van der Waals surface area contributed by atoms with E-state index in [0.717, 1.165) is 19.2 Å². The summed E-state index contributed by atoms with van der Waals surface area (Å²) in [6, 6.07) is 1.96. The van der Waals surface area contributed by atoms with Crippen LogP contribution in [0, 0.1) is 0 Å². The number of hydrogen-bond acceptors (Lipinski definition) is 4. The number of benzene rings is 1. The smallest absolute Gasteiger partial charge is 0.468 e. The number of alkyl halides is 3. The summed E-state index contributed by atoms with van der Waals surface area (Å²) >= 11 is 5.62. The Morgan fingerprint density at radius 2 is 2.00 bits per heavy atom. The van der Waals surface area contributed by atoms with Crippen LogP contribution in [0.2, 0.25) is 5.02 Å². The first-order valence-electron chi connectivity index (χ1n) is 4.62. The van der Waals surface area contributed by atoms with Crippen LogP contribution in [0.4, 0.5) is 13.2 Å². The Balaban J connectivity index is 3.04. The molecular weight excluding hydrogens is 275 g/mol. The molecule has 1 atom stereocenters. The number of carbonyl (C=O) groups excluding carboxylic acids is 1. The number of methoxy groups -OCH3 is 1. The van der Waals surface area contributed by atoms with Gasteiger partial charge in [0.25, 0.3) is 0 Å². The van der Waals surface area contributed by atoms with E-state index in [1.165, 1.54) is 6.07 Å². The van der Waals surface area contributed by atoms with E-state index >= 15 is 0 Å². The van der Waals surface area contributed by atoms with Gasteiger partial charge in [0.15, 0.2) is 0 Å². The minimum absolute atomic E-state index is 0.0360. The van der Waals surface area contributed by atoms with Crippen LogP contribution in [-0.4, -0.2) is 19.4 Å². The van der Waals surface area contributed by atoms with Crippen molar-refractivity contribution < 1.29 is 27.4 Å². The van der Waals surface area contributed by atoms with Crippen molar-refractivity contribution in [3.8, 4) is 5.75 Å². The SMILES string of the molecule is COC(=O)C(N)c1cc(Cl)cc(OC(F)(F)F)c1. The van der Waals surface area contributed by atoms with E-state index in [-0.39, 0.29) is 10.6 Å². The normalized spacial score (nSPS) is 13.0. The molecular formula is C10H9ClF3NO3. The fraction of sp³-hybridized carbons (Fsp3) is 0.300. The largest absolute Gasteiger partial charge is 0.573 e. The molecule has 0 amide bonds. The maximum atomic E-state index is 12.0. The Hall–Kier alpha value is -1.47. The molecule has 0 aliphatic rings. The Labute approximate surface area is 105 Å². The highest BCUT2D eigenvalue weighted by Crippen LogP contribution is 2.29. The molecule has 0 fully saturated rings. The second-order valence-corrected chi connectivity index (χ2v) is 3.71. The van der Waals surface area contributed by atoms with Crippen molar-refractivity contribution in [3.05, 3.63) is 28.8 Å². The highest BCUT2D eigenvalue weighted by molar-refractivity contribution is 6.30. The van der Waals surface area contributed by atoms with Crippen LogP contribution in [0.1, 0.15) is 11.6 Å². The van der Waals surface area contributed by atoms with Gasteiger partial charge in [-0.2, -0.15) is 0 Å². The molecule has 1 aromatic carbocycles. The number of hydrogen-bond donors (Lipinski definition) is 1. The van der Waals surface area contributed by atoms with E-state index in [1.807, 2.05) is 0 Å². The van der Waals surface area contributed by atoms with Crippen LogP contribution in [-0.2, 0) is 9.53 Å². The molecule has 8 heteroatoms. The second-order valence-electron chi connectivity index (χ2n) is 3.27. The van der Waals surface area contributed by atoms with Gasteiger partial charge in [0, 0.05) is 5.02 Å². The Bertz CT molecular complexity index is 450. The summed E-state index contributed by atoms with van der Waals surface area (Å²) < 4.78 is 44.2. The monoisotopic (exact) mass is 283 g/mol. The predicted octanol–water partition coefficient (Wildman–Crippen LogP) is 2.41. The standard InChI is InChI=1S/C10H9ClF3NO3/c1-17-9(16)8(15)5-2-6(11)4-7(3-5)18-10(12,13)14/h2-4,8H,15H2,1H3. The molecule has 1 aromatic rings. The number of ether oxygens (including phenoxy) is 2. The Kier molecular flexibility index (Phi) is 4.42. The van der Waals surface area contributed by atoms with Gasteiger partial charge in [0.2, 0.25) is 0 Å². The first-order valence-corrected chi connectivity index (χ1v) is 5.00. The highest BCUT2D eigenvalue weighted by atomic mass is 35.5. The first-order chi connectivity index (χ1) is 8.23. The fourth-order valence-corrected chi connectivity index (χ4v) is 1.45. The third-order valence-electron chi connectivity index (χ3n) is 1.94. The molecule has 0 spiro atoms. The lowest BCUT2D eigenvalue weighted by Crippen LogP contribution is -2.23. The molecule has 0 saturated heterocycles. The van der Waals surface area contributed by atoms with Crippen LogP contribution in [0.3, 0.4) is 0 Å². The lowest BCUT2D eigenvalue weighted by atomic mass is 10.1. The van der Waals surface area contributed by atoms with Crippen molar-refractivity contribution in [1.29, 1.82) is 0 Å². The van der Waals surface area contributed by atoms with Gasteiger partial charge in [-0.15, -0.1) is 13.2 Å². The molecule has 0 radical (unpaired) electrons. The van der Waals surface area contributed by atoms with Gasteiger partial charge in [-0.1, -0.05) is 11.6 Å². The minimum Gasteiger partial charge on any atom is -0.468 e. The number of esters is 1. The van der Waals surface area contributed by atoms with Crippen LogP contribution in [0.5, 0.6) is 5.75 Å². The minimum atomic E-state index is -4.85. The van der Waals surface area contributed by atoms with Gasteiger partial charge < -0.3 is 15.2 Å².